The molecule has 3 nitrogen and oxygen atoms in total. The van der Waals surface area contributed by atoms with E-state index in [0.29, 0.717) is 5.69 Å². The summed E-state index contributed by atoms with van der Waals surface area (Å²) in [6, 6.07) is 7.77. The van der Waals surface area contributed by atoms with Crippen LogP contribution < -0.4 is 0 Å². The number of rotatable bonds is 1. The second-order valence-electron chi connectivity index (χ2n) is 3.89. The Morgan fingerprint density at radius 1 is 1.06 bits per heavy atom. The summed E-state index contributed by atoms with van der Waals surface area (Å²) in [5, 5.41) is 19.5. The molecule has 0 radical (unpaired) electrons. The predicted octanol–water partition coefficient (Wildman–Crippen LogP) is 3.88. The minimum absolute atomic E-state index is 0.200. The molecule has 0 heterocycles. The molecule has 0 aromatic heterocycles. The van der Waals surface area contributed by atoms with Gasteiger partial charge in [0.15, 0.2) is 5.75 Å². The van der Waals surface area contributed by atoms with Crippen LogP contribution in [0, 0.1) is 13.8 Å². The molecule has 0 amide bonds. The number of benzene rings is 2. The lowest BCUT2D eigenvalue weighted by atomic mass is 10.0. The SMILES string of the molecule is CN=Nc1ccc2cc(C)c(C)cc2c1O. The Labute approximate surface area is 94.4 Å². The maximum absolute atomic E-state index is 10.0. The van der Waals surface area contributed by atoms with Crippen molar-refractivity contribution >= 4 is 16.5 Å². The number of aromatic hydroxyl groups is 1. The van der Waals surface area contributed by atoms with Gasteiger partial charge in [-0.25, -0.2) is 0 Å². The maximum atomic E-state index is 10.0. The second kappa shape index (κ2) is 3.93. The van der Waals surface area contributed by atoms with Crippen LogP contribution in [-0.2, 0) is 0 Å². The average Bonchev–Trinajstić information content (AvgIpc) is 2.26. The summed E-state index contributed by atoms with van der Waals surface area (Å²) in [4.78, 5) is 0. The highest BCUT2D eigenvalue weighted by Crippen LogP contribution is 2.35. The van der Waals surface area contributed by atoms with Gasteiger partial charge in [-0.2, -0.15) is 10.2 Å². The zero-order valence-electron chi connectivity index (χ0n) is 9.65. The van der Waals surface area contributed by atoms with Crippen molar-refractivity contribution in [2.24, 2.45) is 10.2 Å². The van der Waals surface area contributed by atoms with Gasteiger partial charge in [0.2, 0.25) is 0 Å². The van der Waals surface area contributed by atoms with Crippen molar-refractivity contribution in [2.45, 2.75) is 13.8 Å². The summed E-state index contributed by atoms with van der Waals surface area (Å²) in [5.74, 6) is 0.200. The molecule has 0 saturated heterocycles. The third-order valence-corrected chi connectivity index (χ3v) is 2.79. The third-order valence-electron chi connectivity index (χ3n) is 2.79. The van der Waals surface area contributed by atoms with E-state index in [-0.39, 0.29) is 5.75 Å². The van der Waals surface area contributed by atoms with Crippen molar-refractivity contribution in [3.05, 3.63) is 35.4 Å². The first-order valence-electron chi connectivity index (χ1n) is 5.16. The number of fused-ring (bicyclic) bond motifs is 1. The number of aryl methyl sites for hydroxylation is 2. The first-order valence-corrected chi connectivity index (χ1v) is 5.16. The normalized spacial score (nSPS) is 11.4. The van der Waals surface area contributed by atoms with Gasteiger partial charge in [-0.15, -0.1) is 0 Å². The van der Waals surface area contributed by atoms with Gasteiger partial charge in [0.05, 0.1) is 0 Å². The molecule has 2 aromatic carbocycles. The molecule has 0 aliphatic heterocycles. The van der Waals surface area contributed by atoms with E-state index in [0.717, 1.165) is 16.3 Å². The molecule has 82 valence electrons. The minimum Gasteiger partial charge on any atom is -0.505 e. The Hall–Kier alpha value is -1.90. The van der Waals surface area contributed by atoms with Gasteiger partial charge in [0.1, 0.15) is 5.69 Å². The van der Waals surface area contributed by atoms with Crippen LogP contribution in [0.1, 0.15) is 11.1 Å². The monoisotopic (exact) mass is 214 g/mol. The summed E-state index contributed by atoms with van der Waals surface area (Å²) in [5.41, 5.74) is 2.89. The second-order valence-corrected chi connectivity index (χ2v) is 3.89. The fourth-order valence-corrected chi connectivity index (χ4v) is 1.76. The zero-order valence-corrected chi connectivity index (χ0v) is 9.65. The van der Waals surface area contributed by atoms with Gasteiger partial charge in [0.25, 0.3) is 0 Å². The molecule has 0 unspecified atom stereocenters. The lowest BCUT2D eigenvalue weighted by Crippen LogP contribution is -1.82. The van der Waals surface area contributed by atoms with Crippen LogP contribution in [0.4, 0.5) is 5.69 Å². The Kier molecular flexibility index (Phi) is 2.60. The molecule has 2 rings (SSSR count). The van der Waals surface area contributed by atoms with Gasteiger partial charge in [-0.1, -0.05) is 12.1 Å². The molecule has 0 spiro atoms. The highest BCUT2D eigenvalue weighted by atomic mass is 16.3. The molecule has 2 aromatic rings. The number of hydrogen-bond acceptors (Lipinski definition) is 3. The van der Waals surface area contributed by atoms with Gasteiger partial charge >= 0.3 is 0 Å². The molecule has 3 heteroatoms. The Balaban J connectivity index is 2.78. The quantitative estimate of drug-likeness (QED) is 0.719. The molecule has 0 atom stereocenters. The lowest BCUT2D eigenvalue weighted by Gasteiger charge is -2.07. The fourth-order valence-electron chi connectivity index (χ4n) is 1.76. The zero-order chi connectivity index (χ0) is 11.7. The number of phenols is 1. The molecule has 0 saturated carbocycles. The van der Waals surface area contributed by atoms with Crippen LogP contribution in [0.3, 0.4) is 0 Å². The van der Waals surface area contributed by atoms with Crippen molar-refractivity contribution in [2.75, 3.05) is 7.05 Å². The van der Waals surface area contributed by atoms with Gasteiger partial charge in [0, 0.05) is 12.4 Å². The first-order chi connectivity index (χ1) is 7.63. The topological polar surface area (TPSA) is 45.0 Å². The minimum atomic E-state index is 0.200. The van der Waals surface area contributed by atoms with E-state index in [1.807, 2.05) is 19.1 Å². The molecular weight excluding hydrogens is 200 g/mol. The van der Waals surface area contributed by atoms with Gasteiger partial charge < -0.3 is 5.11 Å². The van der Waals surface area contributed by atoms with E-state index in [4.69, 9.17) is 0 Å². The summed E-state index contributed by atoms with van der Waals surface area (Å²) in [6.07, 6.45) is 0. The van der Waals surface area contributed by atoms with Crippen LogP contribution in [0.2, 0.25) is 0 Å². The van der Waals surface area contributed by atoms with E-state index < -0.39 is 0 Å². The molecule has 16 heavy (non-hydrogen) atoms. The molecule has 1 N–H and O–H groups in total. The lowest BCUT2D eigenvalue weighted by molar-refractivity contribution is 0.482. The Bertz CT molecular complexity index is 574. The number of hydrogen-bond donors (Lipinski definition) is 1. The van der Waals surface area contributed by atoms with Crippen LogP contribution >= 0.6 is 0 Å². The molecule has 0 aliphatic rings. The highest BCUT2D eigenvalue weighted by Gasteiger charge is 2.07. The number of nitrogens with zero attached hydrogens (tertiary/aromatic N) is 2. The first kappa shape index (κ1) is 10.6. The van der Waals surface area contributed by atoms with Crippen molar-refractivity contribution in [3.63, 3.8) is 0 Å². The van der Waals surface area contributed by atoms with E-state index >= 15 is 0 Å². The van der Waals surface area contributed by atoms with Crippen LogP contribution in [0.5, 0.6) is 5.75 Å². The van der Waals surface area contributed by atoms with E-state index in [9.17, 15) is 5.11 Å². The van der Waals surface area contributed by atoms with Crippen LogP contribution in [0.25, 0.3) is 10.8 Å². The summed E-state index contributed by atoms with van der Waals surface area (Å²) < 4.78 is 0. The Morgan fingerprint density at radius 2 is 1.75 bits per heavy atom. The van der Waals surface area contributed by atoms with E-state index in [1.165, 1.54) is 5.56 Å². The van der Waals surface area contributed by atoms with Gasteiger partial charge in [-0.05, 0) is 42.5 Å². The van der Waals surface area contributed by atoms with E-state index in [1.54, 1.807) is 13.1 Å². The van der Waals surface area contributed by atoms with Crippen molar-refractivity contribution in [3.8, 4) is 5.75 Å². The molecule has 0 fully saturated rings. The van der Waals surface area contributed by atoms with Crippen LogP contribution in [0.15, 0.2) is 34.5 Å². The predicted molar refractivity (Wildman–Crippen MR) is 65.5 cm³/mol. The average molecular weight is 214 g/mol. The van der Waals surface area contributed by atoms with Crippen LogP contribution in [-0.4, -0.2) is 12.2 Å². The molecule has 0 aliphatic carbocycles. The van der Waals surface area contributed by atoms with Crippen molar-refractivity contribution in [1.29, 1.82) is 0 Å². The molecular formula is C13H14N2O. The third kappa shape index (κ3) is 1.65. The number of azo groups is 1. The van der Waals surface area contributed by atoms with Crippen molar-refractivity contribution in [1.82, 2.24) is 0 Å². The van der Waals surface area contributed by atoms with Gasteiger partial charge in [-0.3, -0.25) is 0 Å². The summed E-state index contributed by atoms with van der Waals surface area (Å²) in [7, 11) is 1.59. The largest absolute Gasteiger partial charge is 0.505 e. The standard InChI is InChI=1S/C13H14N2O/c1-8-6-10-4-5-12(15-14-3)13(16)11(10)7-9(8)2/h4-7,16H,1-3H3. The maximum Gasteiger partial charge on any atom is 0.150 e. The Morgan fingerprint density at radius 3 is 2.44 bits per heavy atom. The van der Waals surface area contributed by atoms with E-state index in [2.05, 4.69) is 23.2 Å². The number of phenolic OH excluding ortho intramolecular Hbond substituents is 1. The smallest absolute Gasteiger partial charge is 0.150 e. The fraction of sp³-hybridized carbons (Fsp3) is 0.231. The molecule has 0 bridgehead atoms. The summed E-state index contributed by atoms with van der Waals surface area (Å²) >= 11 is 0. The highest BCUT2D eigenvalue weighted by molar-refractivity contribution is 5.93. The summed E-state index contributed by atoms with van der Waals surface area (Å²) in [6.45, 7) is 4.09. The van der Waals surface area contributed by atoms with Crippen molar-refractivity contribution < 1.29 is 5.11 Å².